The number of nitrogens with zero attached hydrogens (tertiary/aromatic N) is 2. The van der Waals surface area contributed by atoms with Crippen molar-refractivity contribution in [1.29, 1.82) is 0 Å². The van der Waals surface area contributed by atoms with E-state index >= 15 is 0 Å². The van der Waals surface area contributed by atoms with Gasteiger partial charge in [-0.15, -0.1) is 0 Å². The van der Waals surface area contributed by atoms with Crippen molar-refractivity contribution in [3.8, 4) is 11.1 Å². The second-order valence-corrected chi connectivity index (χ2v) is 8.60. The SMILES string of the molecule is CCOC(C)(C)CCNC(=O)Nc1cc(-c2cc3cnc(NC)cc3nc2C)c(C)cc1F. The van der Waals surface area contributed by atoms with Crippen molar-refractivity contribution < 1.29 is 13.9 Å². The second-order valence-electron chi connectivity index (χ2n) is 8.60. The van der Waals surface area contributed by atoms with Gasteiger partial charge >= 0.3 is 6.03 Å². The molecule has 3 aromatic rings. The van der Waals surface area contributed by atoms with E-state index in [0.717, 1.165) is 39.1 Å². The Kier molecular flexibility index (Phi) is 7.48. The van der Waals surface area contributed by atoms with Crippen LogP contribution in [0.2, 0.25) is 0 Å². The summed E-state index contributed by atoms with van der Waals surface area (Å²) in [5.74, 6) is 0.245. The highest BCUT2D eigenvalue weighted by atomic mass is 19.1. The monoisotopic (exact) mass is 453 g/mol. The third-order valence-corrected chi connectivity index (χ3v) is 5.55. The molecule has 0 radical (unpaired) electrons. The van der Waals surface area contributed by atoms with E-state index in [1.54, 1.807) is 12.3 Å². The number of benzene rings is 1. The number of halogens is 1. The largest absolute Gasteiger partial charge is 0.376 e. The molecule has 2 heterocycles. The van der Waals surface area contributed by atoms with Crippen LogP contribution in [0.1, 0.15) is 38.4 Å². The highest BCUT2D eigenvalue weighted by Crippen LogP contribution is 2.32. The van der Waals surface area contributed by atoms with Gasteiger partial charge in [0.25, 0.3) is 0 Å². The van der Waals surface area contributed by atoms with Crippen LogP contribution in [0.4, 0.5) is 20.7 Å². The van der Waals surface area contributed by atoms with Crippen LogP contribution in [-0.4, -0.2) is 41.8 Å². The molecular formula is C25H32FN5O2. The molecule has 0 aliphatic heterocycles. The highest BCUT2D eigenvalue weighted by Gasteiger charge is 2.18. The minimum atomic E-state index is -0.493. The molecule has 0 unspecified atom stereocenters. The molecule has 8 heteroatoms. The van der Waals surface area contributed by atoms with Gasteiger partial charge in [0.1, 0.15) is 11.6 Å². The van der Waals surface area contributed by atoms with E-state index in [2.05, 4.69) is 20.9 Å². The Morgan fingerprint density at radius 3 is 2.61 bits per heavy atom. The first-order valence-electron chi connectivity index (χ1n) is 11.1. The van der Waals surface area contributed by atoms with Crippen LogP contribution in [0.15, 0.2) is 30.5 Å². The van der Waals surface area contributed by atoms with Gasteiger partial charge in [-0.05, 0) is 70.4 Å². The molecule has 0 aliphatic rings. The zero-order valence-electron chi connectivity index (χ0n) is 20.1. The average molecular weight is 454 g/mol. The number of ether oxygens (including phenoxy) is 1. The molecule has 33 heavy (non-hydrogen) atoms. The molecule has 0 spiro atoms. The van der Waals surface area contributed by atoms with Gasteiger partial charge in [0.05, 0.1) is 16.8 Å². The smallest absolute Gasteiger partial charge is 0.319 e. The van der Waals surface area contributed by atoms with E-state index in [1.165, 1.54) is 6.07 Å². The first-order chi connectivity index (χ1) is 15.6. The molecular weight excluding hydrogens is 421 g/mol. The summed E-state index contributed by atoms with van der Waals surface area (Å²) in [6, 6.07) is 6.49. The molecule has 0 aliphatic carbocycles. The highest BCUT2D eigenvalue weighted by molar-refractivity contribution is 5.92. The summed E-state index contributed by atoms with van der Waals surface area (Å²) in [5.41, 5.74) is 3.81. The summed E-state index contributed by atoms with van der Waals surface area (Å²) in [5, 5.41) is 9.29. The van der Waals surface area contributed by atoms with Crippen LogP contribution >= 0.6 is 0 Å². The summed E-state index contributed by atoms with van der Waals surface area (Å²) in [4.78, 5) is 21.5. The predicted molar refractivity (Wildman–Crippen MR) is 131 cm³/mol. The Morgan fingerprint density at radius 2 is 1.91 bits per heavy atom. The van der Waals surface area contributed by atoms with E-state index in [0.29, 0.717) is 19.6 Å². The van der Waals surface area contributed by atoms with E-state index in [1.807, 2.05) is 53.8 Å². The van der Waals surface area contributed by atoms with Gasteiger partial charge in [-0.3, -0.25) is 4.98 Å². The lowest BCUT2D eigenvalue weighted by Gasteiger charge is -2.24. The number of nitrogens with one attached hydrogen (secondary N) is 3. The summed E-state index contributed by atoms with van der Waals surface area (Å²) in [6.45, 7) is 10.6. The van der Waals surface area contributed by atoms with Crippen LogP contribution in [0.25, 0.3) is 22.0 Å². The van der Waals surface area contributed by atoms with Gasteiger partial charge in [-0.25, -0.2) is 14.2 Å². The van der Waals surface area contributed by atoms with Gasteiger partial charge in [0, 0.05) is 49.1 Å². The number of rotatable bonds is 8. The summed E-state index contributed by atoms with van der Waals surface area (Å²) >= 11 is 0. The predicted octanol–water partition coefficient (Wildman–Crippen LogP) is 5.42. The van der Waals surface area contributed by atoms with Crippen molar-refractivity contribution in [2.45, 2.75) is 46.6 Å². The molecule has 176 valence electrons. The van der Waals surface area contributed by atoms with Crippen molar-refractivity contribution in [2.24, 2.45) is 0 Å². The van der Waals surface area contributed by atoms with Crippen LogP contribution in [0.3, 0.4) is 0 Å². The van der Waals surface area contributed by atoms with Crippen molar-refractivity contribution in [2.75, 3.05) is 30.8 Å². The van der Waals surface area contributed by atoms with Crippen LogP contribution < -0.4 is 16.0 Å². The number of amides is 2. The lowest BCUT2D eigenvalue weighted by atomic mass is 9.97. The molecule has 2 amide bonds. The van der Waals surface area contributed by atoms with Gasteiger partial charge in [0.2, 0.25) is 0 Å². The Labute approximate surface area is 194 Å². The van der Waals surface area contributed by atoms with Crippen LogP contribution in [-0.2, 0) is 4.74 Å². The van der Waals surface area contributed by atoms with Gasteiger partial charge in [-0.1, -0.05) is 0 Å². The maximum atomic E-state index is 14.7. The number of pyridine rings is 2. The quantitative estimate of drug-likeness (QED) is 0.424. The Balaban J connectivity index is 1.83. The molecule has 0 saturated heterocycles. The number of urea groups is 1. The Morgan fingerprint density at radius 1 is 1.15 bits per heavy atom. The van der Waals surface area contributed by atoms with Crippen molar-refractivity contribution in [3.05, 3.63) is 47.5 Å². The first kappa shape index (κ1) is 24.4. The van der Waals surface area contributed by atoms with E-state index in [4.69, 9.17) is 9.72 Å². The number of hydrogen-bond acceptors (Lipinski definition) is 5. The molecule has 7 nitrogen and oxygen atoms in total. The lowest BCUT2D eigenvalue weighted by Crippen LogP contribution is -2.35. The standard InChI is InChI=1S/C25H32FN5O2/c1-7-33-25(4,5)8-9-28-24(32)31-22-12-18(15(2)10-20(22)26)19-11-17-14-29-23(27-6)13-21(17)30-16(19)3/h10-14H,7-9H2,1-6H3,(H,27,29)(H2,28,31,32). The van der Waals surface area contributed by atoms with Gasteiger partial charge in [-0.2, -0.15) is 0 Å². The minimum Gasteiger partial charge on any atom is -0.376 e. The topological polar surface area (TPSA) is 88.2 Å². The number of fused-ring (bicyclic) bond motifs is 1. The Hall–Kier alpha value is -3.26. The summed E-state index contributed by atoms with van der Waals surface area (Å²) in [7, 11) is 1.81. The lowest BCUT2D eigenvalue weighted by molar-refractivity contribution is -0.0150. The number of aromatic nitrogens is 2. The average Bonchev–Trinajstić information content (AvgIpc) is 2.74. The third-order valence-electron chi connectivity index (χ3n) is 5.55. The third kappa shape index (κ3) is 5.96. The second kappa shape index (κ2) is 10.1. The fraction of sp³-hybridized carbons (Fsp3) is 0.400. The zero-order valence-corrected chi connectivity index (χ0v) is 20.1. The first-order valence-corrected chi connectivity index (χ1v) is 11.1. The van der Waals surface area contributed by atoms with Crippen molar-refractivity contribution in [1.82, 2.24) is 15.3 Å². The minimum absolute atomic E-state index is 0.111. The number of carbonyl (C=O) groups is 1. The molecule has 1 aromatic carbocycles. The molecule has 0 bridgehead atoms. The van der Waals surface area contributed by atoms with Gasteiger partial charge in [0.15, 0.2) is 0 Å². The van der Waals surface area contributed by atoms with E-state index < -0.39 is 11.8 Å². The number of anilines is 2. The number of aryl methyl sites for hydroxylation is 2. The molecule has 0 saturated carbocycles. The summed E-state index contributed by atoms with van der Waals surface area (Å²) in [6.07, 6.45) is 2.40. The van der Waals surface area contributed by atoms with Crippen molar-refractivity contribution >= 4 is 28.4 Å². The Bertz CT molecular complexity index is 1160. The van der Waals surface area contributed by atoms with E-state index in [9.17, 15) is 9.18 Å². The zero-order chi connectivity index (χ0) is 24.2. The molecule has 3 N–H and O–H groups in total. The molecule has 2 aromatic heterocycles. The maximum absolute atomic E-state index is 14.7. The molecule has 0 fully saturated rings. The fourth-order valence-corrected chi connectivity index (χ4v) is 3.74. The number of carbonyl (C=O) groups excluding carboxylic acids is 1. The van der Waals surface area contributed by atoms with Gasteiger partial charge < -0.3 is 20.7 Å². The summed E-state index contributed by atoms with van der Waals surface area (Å²) < 4.78 is 20.3. The molecule has 3 rings (SSSR count). The van der Waals surface area contributed by atoms with E-state index in [-0.39, 0.29) is 11.3 Å². The van der Waals surface area contributed by atoms with Crippen molar-refractivity contribution in [3.63, 3.8) is 0 Å². The fourth-order valence-electron chi connectivity index (χ4n) is 3.74. The number of hydrogen-bond donors (Lipinski definition) is 3. The maximum Gasteiger partial charge on any atom is 0.319 e. The molecule has 0 atom stereocenters. The van der Waals surface area contributed by atoms with Crippen LogP contribution in [0.5, 0.6) is 0 Å². The normalized spacial score (nSPS) is 11.5. The van der Waals surface area contributed by atoms with Crippen LogP contribution in [0, 0.1) is 19.7 Å².